The molecule has 108 valence electrons. The predicted molar refractivity (Wildman–Crippen MR) is 88.7 cm³/mol. The zero-order valence-corrected chi connectivity index (χ0v) is 13.2. The van der Waals surface area contributed by atoms with Crippen LogP contribution >= 0.6 is 0 Å². The molecular weight excluding hydrogens is 256 g/mol. The molecule has 1 unspecified atom stereocenters. The summed E-state index contributed by atoms with van der Waals surface area (Å²) in [6.07, 6.45) is 0.752. The highest BCUT2D eigenvalue weighted by atomic mass is 15.1. The number of hydrogen-bond acceptors (Lipinski definition) is 2. The Morgan fingerprint density at radius 2 is 1.86 bits per heavy atom. The van der Waals surface area contributed by atoms with Crippen molar-refractivity contribution < 1.29 is 0 Å². The predicted octanol–water partition coefficient (Wildman–Crippen LogP) is 4.22. The van der Waals surface area contributed by atoms with Gasteiger partial charge in [-0.15, -0.1) is 0 Å². The Morgan fingerprint density at radius 3 is 2.52 bits per heavy atom. The first-order valence-electron chi connectivity index (χ1n) is 7.24. The molecule has 2 heteroatoms. The third-order valence-corrected chi connectivity index (χ3v) is 3.83. The highest BCUT2D eigenvalue weighted by molar-refractivity contribution is 5.48. The Morgan fingerprint density at radius 1 is 1.10 bits per heavy atom. The van der Waals surface area contributed by atoms with Gasteiger partial charge in [-0.3, -0.25) is 0 Å². The van der Waals surface area contributed by atoms with Gasteiger partial charge < -0.3 is 4.90 Å². The maximum Gasteiger partial charge on any atom is 0.0755 e. The summed E-state index contributed by atoms with van der Waals surface area (Å²) < 4.78 is 0. The average Bonchev–Trinajstić information content (AvgIpc) is 2.47. The monoisotopic (exact) mass is 278 g/mol. The molecule has 0 saturated heterocycles. The SMILES string of the molecule is Cc1ccc(C)c(C(C#N)Cc2cccc(N(C)C)c2)c1. The van der Waals surface area contributed by atoms with Crippen LogP contribution in [0.3, 0.4) is 0 Å². The van der Waals surface area contributed by atoms with Gasteiger partial charge >= 0.3 is 0 Å². The number of benzene rings is 2. The minimum Gasteiger partial charge on any atom is -0.378 e. The molecule has 0 aromatic heterocycles. The second-order valence-corrected chi connectivity index (χ2v) is 5.81. The van der Waals surface area contributed by atoms with E-state index in [1.165, 1.54) is 22.4 Å². The standard InChI is InChI=1S/C19H22N2/c1-14-8-9-15(2)19(10-14)17(13-20)11-16-6-5-7-18(12-16)21(3)4/h5-10,12,17H,11H2,1-4H3. The van der Waals surface area contributed by atoms with Crippen molar-refractivity contribution in [3.8, 4) is 6.07 Å². The summed E-state index contributed by atoms with van der Waals surface area (Å²) in [6, 6.07) is 17.2. The van der Waals surface area contributed by atoms with Crippen LogP contribution in [0.5, 0.6) is 0 Å². The van der Waals surface area contributed by atoms with E-state index in [0.717, 1.165) is 12.0 Å². The lowest BCUT2D eigenvalue weighted by atomic mass is 9.89. The zero-order valence-electron chi connectivity index (χ0n) is 13.2. The second-order valence-electron chi connectivity index (χ2n) is 5.81. The lowest BCUT2D eigenvalue weighted by Gasteiger charge is -2.16. The van der Waals surface area contributed by atoms with E-state index in [0.29, 0.717) is 0 Å². The van der Waals surface area contributed by atoms with Crippen LogP contribution in [0.25, 0.3) is 0 Å². The molecule has 2 rings (SSSR count). The highest BCUT2D eigenvalue weighted by Gasteiger charge is 2.14. The van der Waals surface area contributed by atoms with Crippen molar-refractivity contribution in [1.82, 2.24) is 0 Å². The van der Waals surface area contributed by atoms with Crippen LogP contribution < -0.4 is 4.90 Å². The third-order valence-electron chi connectivity index (χ3n) is 3.83. The van der Waals surface area contributed by atoms with E-state index in [4.69, 9.17) is 0 Å². The normalized spacial score (nSPS) is 11.8. The molecule has 0 fully saturated rings. The van der Waals surface area contributed by atoms with Gasteiger partial charge in [0.05, 0.1) is 12.0 Å². The summed E-state index contributed by atoms with van der Waals surface area (Å²) >= 11 is 0. The van der Waals surface area contributed by atoms with Crippen molar-refractivity contribution in [3.05, 3.63) is 64.7 Å². The topological polar surface area (TPSA) is 27.0 Å². The molecule has 0 N–H and O–H groups in total. The molecule has 0 radical (unpaired) electrons. The van der Waals surface area contributed by atoms with Gasteiger partial charge in [0.25, 0.3) is 0 Å². The van der Waals surface area contributed by atoms with Crippen molar-refractivity contribution in [1.29, 1.82) is 5.26 Å². The fourth-order valence-electron chi connectivity index (χ4n) is 2.56. The van der Waals surface area contributed by atoms with Crippen molar-refractivity contribution in [3.63, 3.8) is 0 Å². The Labute approximate surface area is 127 Å². The van der Waals surface area contributed by atoms with Gasteiger partial charge in [-0.05, 0) is 49.1 Å². The number of nitrogens with zero attached hydrogens (tertiary/aromatic N) is 2. The van der Waals surface area contributed by atoms with E-state index >= 15 is 0 Å². The quantitative estimate of drug-likeness (QED) is 0.837. The first kappa shape index (κ1) is 15.1. The molecule has 0 bridgehead atoms. The molecular formula is C19H22N2. The van der Waals surface area contributed by atoms with Crippen LogP contribution in [0.4, 0.5) is 5.69 Å². The Kier molecular flexibility index (Phi) is 4.65. The molecule has 0 aliphatic rings. The Bertz CT molecular complexity index is 666. The molecule has 0 aliphatic carbocycles. The zero-order chi connectivity index (χ0) is 15.4. The smallest absolute Gasteiger partial charge is 0.0755 e. The van der Waals surface area contributed by atoms with Crippen molar-refractivity contribution >= 4 is 5.69 Å². The van der Waals surface area contributed by atoms with Crippen molar-refractivity contribution in [2.75, 3.05) is 19.0 Å². The van der Waals surface area contributed by atoms with Gasteiger partial charge in [0.1, 0.15) is 0 Å². The fourth-order valence-corrected chi connectivity index (χ4v) is 2.56. The maximum absolute atomic E-state index is 9.57. The first-order valence-corrected chi connectivity index (χ1v) is 7.24. The summed E-state index contributed by atoms with van der Waals surface area (Å²) in [5, 5.41) is 9.57. The van der Waals surface area contributed by atoms with E-state index < -0.39 is 0 Å². The molecule has 0 saturated carbocycles. The highest BCUT2D eigenvalue weighted by Crippen LogP contribution is 2.26. The van der Waals surface area contributed by atoms with E-state index in [-0.39, 0.29) is 5.92 Å². The van der Waals surface area contributed by atoms with Crippen LogP contribution in [0.2, 0.25) is 0 Å². The lowest BCUT2D eigenvalue weighted by Crippen LogP contribution is -2.09. The fraction of sp³-hybridized carbons (Fsp3) is 0.316. The van der Waals surface area contributed by atoms with Crippen LogP contribution in [0, 0.1) is 25.2 Å². The summed E-state index contributed by atoms with van der Waals surface area (Å²) in [7, 11) is 4.07. The van der Waals surface area contributed by atoms with Crippen molar-refractivity contribution in [2.24, 2.45) is 0 Å². The molecule has 2 nitrogen and oxygen atoms in total. The minimum atomic E-state index is -0.0951. The number of hydrogen-bond donors (Lipinski definition) is 0. The van der Waals surface area contributed by atoms with Gasteiger partial charge in [-0.25, -0.2) is 0 Å². The number of aryl methyl sites for hydroxylation is 2. The van der Waals surface area contributed by atoms with Gasteiger partial charge in [0.2, 0.25) is 0 Å². The van der Waals surface area contributed by atoms with E-state index in [1.807, 2.05) is 14.1 Å². The summed E-state index contributed by atoms with van der Waals surface area (Å²) in [5.74, 6) is -0.0951. The molecule has 0 amide bonds. The largest absolute Gasteiger partial charge is 0.378 e. The molecule has 0 heterocycles. The maximum atomic E-state index is 9.57. The van der Waals surface area contributed by atoms with Crippen LogP contribution in [0.1, 0.15) is 28.2 Å². The second kappa shape index (κ2) is 6.45. The van der Waals surface area contributed by atoms with Crippen LogP contribution in [-0.4, -0.2) is 14.1 Å². The molecule has 2 aromatic carbocycles. The number of nitriles is 1. The van der Waals surface area contributed by atoms with Gasteiger partial charge in [-0.2, -0.15) is 5.26 Å². The average molecular weight is 278 g/mol. The van der Waals surface area contributed by atoms with Gasteiger partial charge in [-0.1, -0.05) is 35.9 Å². The van der Waals surface area contributed by atoms with E-state index in [2.05, 4.69) is 67.3 Å². The lowest BCUT2D eigenvalue weighted by molar-refractivity contribution is 0.839. The molecule has 0 spiro atoms. The van der Waals surface area contributed by atoms with Gasteiger partial charge in [0.15, 0.2) is 0 Å². The van der Waals surface area contributed by atoms with Crippen LogP contribution in [-0.2, 0) is 6.42 Å². The summed E-state index contributed by atoms with van der Waals surface area (Å²) in [6.45, 7) is 4.15. The summed E-state index contributed by atoms with van der Waals surface area (Å²) in [4.78, 5) is 2.09. The molecule has 0 aliphatic heterocycles. The Hall–Kier alpha value is -2.27. The minimum absolute atomic E-state index is 0.0951. The number of anilines is 1. The summed E-state index contributed by atoms with van der Waals surface area (Å²) in [5.41, 5.74) is 5.92. The molecule has 21 heavy (non-hydrogen) atoms. The third kappa shape index (κ3) is 3.64. The molecule has 2 aromatic rings. The van der Waals surface area contributed by atoms with Gasteiger partial charge in [0, 0.05) is 19.8 Å². The van der Waals surface area contributed by atoms with E-state index in [9.17, 15) is 5.26 Å². The molecule has 1 atom stereocenters. The Balaban J connectivity index is 2.29. The number of rotatable bonds is 4. The first-order chi connectivity index (χ1) is 10.0. The van der Waals surface area contributed by atoms with Crippen molar-refractivity contribution in [2.45, 2.75) is 26.2 Å². The van der Waals surface area contributed by atoms with Crippen LogP contribution in [0.15, 0.2) is 42.5 Å². The van der Waals surface area contributed by atoms with E-state index in [1.54, 1.807) is 0 Å².